The SMILES string of the molecule is COc1cc(C=NNC(=O)COc2cccc(F)c2)ccc1OS(=O)(=O)c1ccc(C)cc1. The van der Waals surface area contributed by atoms with Crippen molar-refractivity contribution in [3.63, 3.8) is 0 Å². The maximum atomic E-state index is 13.1. The van der Waals surface area contributed by atoms with Gasteiger partial charge in [0.2, 0.25) is 0 Å². The zero-order valence-electron chi connectivity index (χ0n) is 17.8. The first-order valence-corrected chi connectivity index (χ1v) is 11.1. The first-order valence-electron chi connectivity index (χ1n) is 9.66. The Labute approximate surface area is 190 Å². The largest absolute Gasteiger partial charge is 0.493 e. The van der Waals surface area contributed by atoms with Crippen molar-refractivity contribution < 1.29 is 31.3 Å². The van der Waals surface area contributed by atoms with E-state index in [0.717, 1.165) is 11.6 Å². The van der Waals surface area contributed by atoms with Gasteiger partial charge in [-0.15, -0.1) is 0 Å². The van der Waals surface area contributed by atoms with Gasteiger partial charge in [0.05, 0.1) is 13.3 Å². The third kappa shape index (κ3) is 6.78. The highest BCUT2D eigenvalue weighted by molar-refractivity contribution is 7.87. The lowest BCUT2D eigenvalue weighted by Crippen LogP contribution is -2.24. The third-order valence-corrected chi connectivity index (χ3v) is 5.51. The number of nitrogens with zero attached hydrogens (tertiary/aromatic N) is 1. The number of nitrogens with one attached hydrogen (secondary N) is 1. The maximum Gasteiger partial charge on any atom is 0.339 e. The van der Waals surface area contributed by atoms with Crippen LogP contribution in [-0.2, 0) is 14.9 Å². The average Bonchev–Trinajstić information content (AvgIpc) is 2.79. The van der Waals surface area contributed by atoms with Gasteiger partial charge in [-0.05, 0) is 55.0 Å². The van der Waals surface area contributed by atoms with Gasteiger partial charge in [-0.1, -0.05) is 23.8 Å². The molecule has 0 aliphatic rings. The van der Waals surface area contributed by atoms with E-state index in [9.17, 15) is 17.6 Å². The van der Waals surface area contributed by atoms with Crippen molar-refractivity contribution >= 4 is 22.2 Å². The number of carbonyl (C=O) groups excluding carboxylic acids is 1. The molecule has 0 bridgehead atoms. The molecule has 0 spiro atoms. The van der Waals surface area contributed by atoms with Gasteiger partial charge in [0.1, 0.15) is 16.5 Å². The van der Waals surface area contributed by atoms with E-state index in [4.69, 9.17) is 13.7 Å². The number of rotatable bonds is 9. The van der Waals surface area contributed by atoms with Crippen LogP contribution in [0.3, 0.4) is 0 Å². The summed E-state index contributed by atoms with van der Waals surface area (Å²) in [6.45, 7) is 1.49. The van der Waals surface area contributed by atoms with Crippen molar-refractivity contribution in [1.29, 1.82) is 0 Å². The Bertz CT molecular complexity index is 1260. The lowest BCUT2D eigenvalue weighted by molar-refractivity contribution is -0.123. The Balaban J connectivity index is 1.61. The molecular weight excluding hydrogens is 451 g/mol. The molecule has 0 saturated heterocycles. The molecule has 0 fully saturated rings. The Kier molecular flexibility index (Phi) is 7.62. The second kappa shape index (κ2) is 10.6. The summed E-state index contributed by atoms with van der Waals surface area (Å²) in [5, 5.41) is 3.81. The molecule has 0 heterocycles. The van der Waals surface area contributed by atoms with Gasteiger partial charge in [-0.2, -0.15) is 13.5 Å². The van der Waals surface area contributed by atoms with Crippen LogP contribution in [0.15, 0.2) is 76.7 Å². The van der Waals surface area contributed by atoms with Gasteiger partial charge in [0.15, 0.2) is 18.1 Å². The number of carbonyl (C=O) groups is 1. The van der Waals surface area contributed by atoms with Crippen molar-refractivity contribution in [3.8, 4) is 17.2 Å². The molecule has 1 amide bonds. The van der Waals surface area contributed by atoms with E-state index in [1.807, 2.05) is 6.92 Å². The normalized spacial score (nSPS) is 11.2. The van der Waals surface area contributed by atoms with Crippen LogP contribution in [0.2, 0.25) is 0 Å². The summed E-state index contributed by atoms with van der Waals surface area (Å²) < 4.78 is 53.7. The molecule has 0 aliphatic carbocycles. The predicted molar refractivity (Wildman–Crippen MR) is 120 cm³/mol. The molecule has 0 atom stereocenters. The Morgan fingerprint density at radius 1 is 1.06 bits per heavy atom. The molecular formula is C23H21FN2O6S. The monoisotopic (exact) mass is 472 g/mol. The Hall–Kier alpha value is -3.92. The standard InChI is InChI=1S/C23H21FN2O6S/c1-16-6-9-20(10-7-16)33(28,29)32-21-11-8-17(12-22(21)30-2)14-25-26-23(27)15-31-19-5-3-4-18(24)13-19/h3-14H,15H2,1-2H3,(H,26,27). The minimum Gasteiger partial charge on any atom is -0.493 e. The predicted octanol–water partition coefficient (Wildman–Crippen LogP) is 3.44. The molecule has 0 aromatic heterocycles. The number of hydrogen-bond donors (Lipinski definition) is 1. The van der Waals surface area contributed by atoms with E-state index in [1.54, 1.807) is 18.2 Å². The molecule has 8 nitrogen and oxygen atoms in total. The van der Waals surface area contributed by atoms with E-state index < -0.39 is 21.8 Å². The third-order valence-electron chi connectivity index (χ3n) is 4.27. The van der Waals surface area contributed by atoms with Gasteiger partial charge >= 0.3 is 10.1 Å². The molecule has 3 aromatic rings. The smallest absolute Gasteiger partial charge is 0.339 e. The number of hydrazone groups is 1. The summed E-state index contributed by atoms with van der Waals surface area (Å²) in [4.78, 5) is 11.8. The second-order valence-corrected chi connectivity index (χ2v) is 8.35. The van der Waals surface area contributed by atoms with Crippen LogP contribution < -0.4 is 19.1 Å². The van der Waals surface area contributed by atoms with Crippen LogP contribution in [0.1, 0.15) is 11.1 Å². The number of aryl methyl sites for hydroxylation is 1. The molecule has 10 heteroatoms. The minimum absolute atomic E-state index is 0.00255. The number of hydrogen-bond acceptors (Lipinski definition) is 7. The molecule has 0 radical (unpaired) electrons. The lowest BCUT2D eigenvalue weighted by Gasteiger charge is -2.11. The summed E-state index contributed by atoms with van der Waals surface area (Å²) in [5.74, 6) is -0.640. The van der Waals surface area contributed by atoms with Crippen LogP contribution >= 0.6 is 0 Å². The summed E-state index contributed by atoms with van der Waals surface area (Å²) in [6, 6.07) is 16.1. The average molecular weight is 472 g/mol. The lowest BCUT2D eigenvalue weighted by atomic mass is 10.2. The van der Waals surface area contributed by atoms with E-state index in [-0.39, 0.29) is 28.8 Å². The molecule has 0 unspecified atom stereocenters. The maximum absolute atomic E-state index is 13.1. The van der Waals surface area contributed by atoms with Crippen LogP contribution in [-0.4, -0.2) is 34.3 Å². The van der Waals surface area contributed by atoms with Gasteiger partial charge in [0, 0.05) is 6.07 Å². The number of amides is 1. The zero-order valence-corrected chi connectivity index (χ0v) is 18.6. The van der Waals surface area contributed by atoms with Crippen molar-refractivity contribution in [2.75, 3.05) is 13.7 Å². The molecule has 0 aliphatic heterocycles. The van der Waals surface area contributed by atoms with Crippen molar-refractivity contribution in [2.24, 2.45) is 5.10 Å². The molecule has 0 saturated carbocycles. The van der Waals surface area contributed by atoms with Crippen molar-refractivity contribution in [3.05, 3.63) is 83.7 Å². The van der Waals surface area contributed by atoms with E-state index >= 15 is 0 Å². The Morgan fingerprint density at radius 2 is 1.82 bits per heavy atom. The fraction of sp³-hybridized carbons (Fsp3) is 0.130. The number of halogens is 1. The summed E-state index contributed by atoms with van der Waals surface area (Å²) in [7, 11) is -2.68. The second-order valence-electron chi connectivity index (χ2n) is 6.80. The highest BCUT2D eigenvalue weighted by Gasteiger charge is 2.19. The molecule has 3 rings (SSSR count). The molecule has 33 heavy (non-hydrogen) atoms. The fourth-order valence-electron chi connectivity index (χ4n) is 2.62. The number of methoxy groups -OCH3 is 1. The highest BCUT2D eigenvalue weighted by atomic mass is 32.2. The van der Waals surface area contributed by atoms with Crippen LogP contribution in [0, 0.1) is 12.7 Å². The summed E-state index contributed by atoms with van der Waals surface area (Å²) in [6.07, 6.45) is 1.33. The fourth-order valence-corrected chi connectivity index (χ4v) is 3.56. The van der Waals surface area contributed by atoms with E-state index in [2.05, 4.69) is 10.5 Å². The van der Waals surface area contributed by atoms with Crippen LogP contribution in [0.5, 0.6) is 17.2 Å². The molecule has 1 N–H and O–H groups in total. The van der Waals surface area contributed by atoms with Gasteiger partial charge in [-0.25, -0.2) is 9.82 Å². The minimum atomic E-state index is -4.04. The van der Waals surface area contributed by atoms with E-state index in [0.29, 0.717) is 5.56 Å². The van der Waals surface area contributed by atoms with E-state index in [1.165, 1.54) is 55.8 Å². The van der Waals surface area contributed by atoms with Crippen LogP contribution in [0.4, 0.5) is 4.39 Å². The van der Waals surface area contributed by atoms with Gasteiger partial charge in [-0.3, -0.25) is 4.79 Å². The number of ether oxygens (including phenoxy) is 2. The summed E-state index contributed by atoms with van der Waals surface area (Å²) in [5.41, 5.74) is 3.71. The first kappa shape index (κ1) is 23.7. The van der Waals surface area contributed by atoms with Crippen LogP contribution in [0.25, 0.3) is 0 Å². The van der Waals surface area contributed by atoms with Gasteiger partial charge < -0.3 is 13.7 Å². The Morgan fingerprint density at radius 3 is 2.52 bits per heavy atom. The zero-order chi connectivity index (χ0) is 23.8. The van der Waals surface area contributed by atoms with Gasteiger partial charge in [0.25, 0.3) is 5.91 Å². The topological polar surface area (TPSA) is 103 Å². The van der Waals surface area contributed by atoms with Crippen molar-refractivity contribution in [2.45, 2.75) is 11.8 Å². The summed E-state index contributed by atoms with van der Waals surface area (Å²) >= 11 is 0. The highest BCUT2D eigenvalue weighted by Crippen LogP contribution is 2.30. The molecule has 3 aromatic carbocycles. The molecule has 172 valence electrons. The number of benzene rings is 3. The first-order chi connectivity index (χ1) is 15.8. The van der Waals surface area contributed by atoms with Crippen molar-refractivity contribution in [1.82, 2.24) is 5.43 Å². The quantitative estimate of drug-likeness (QED) is 0.291.